The molecule has 0 radical (unpaired) electrons. The van der Waals surface area contributed by atoms with Crippen LogP contribution in [0.3, 0.4) is 0 Å². The molecule has 0 aromatic carbocycles. The molecule has 1 aromatic rings. The van der Waals surface area contributed by atoms with Crippen molar-refractivity contribution in [1.29, 1.82) is 0 Å². The highest BCUT2D eigenvalue weighted by molar-refractivity contribution is 7.88. The molecular weight excluding hydrogens is 280 g/mol. The molecule has 0 aliphatic carbocycles. The molecule has 3 N–H and O–H groups in total. The molecule has 0 saturated carbocycles. The summed E-state index contributed by atoms with van der Waals surface area (Å²) in [5.41, 5.74) is 0. The van der Waals surface area contributed by atoms with Gasteiger partial charge in [-0.05, 0) is 12.5 Å². The molecule has 0 aliphatic heterocycles. The first kappa shape index (κ1) is 16.4. The molecule has 0 unspecified atom stereocenters. The summed E-state index contributed by atoms with van der Waals surface area (Å²) in [7, 11) is -1.46. The van der Waals surface area contributed by atoms with Crippen LogP contribution in [0.5, 0.6) is 0 Å². The van der Waals surface area contributed by atoms with E-state index in [2.05, 4.69) is 25.4 Å². The van der Waals surface area contributed by atoms with E-state index in [1.165, 1.54) is 0 Å². The molecule has 0 atom stereocenters. The Hall–Kier alpha value is -1.61. The third-order valence-corrected chi connectivity index (χ3v) is 3.15. The second kappa shape index (κ2) is 8.54. The number of sulfonamides is 1. The van der Waals surface area contributed by atoms with E-state index in [1.54, 1.807) is 13.2 Å². The van der Waals surface area contributed by atoms with Crippen LogP contribution in [0.25, 0.3) is 0 Å². The molecule has 1 heterocycles. The van der Waals surface area contributed by atoms with E-state index in [4.69, 9.17) is 0 Å². The first-order valence-corrected chi connectivity index (χ1v) is 8.27. The Labute approximate surface area is 119 Å². The Kier molecular flexibility index (Phi) is 7.02. The highest BCUT2D eigenvalue weighted by Gasteiger charge is 2.00. The zero-order valence-electron chi connectivity index (χ0n) is 11.8. The van der Waals surface area contributed by atoms with Crippen LogP contribution < -0.4 is 15.4 Å². The average molecular weight is 302 g/mol. The number of nitrogens with zero attached hydrogens (tertiary/aromatic N) is 3. The third kappa shape index (κ3) is 7.74. The van der Waals surface area contributed by atoms with Gasteiger partial charge in [-0.2, -0.15) is 5.10 Å². The number of aryl methyl sites for hydroxylation is 1. The number of hydrogen-bond acceptors (Lipinski definition) is 4. The normalized spacial score (nSPS) is 12.4. The molecule has 0 spiro atoms. The molecule has 8 nitrogen and oxygen atoms in total. The molecular formula is C11H22N6O2S. The van der Waals surface area contributed by atoms with Gasteiger partial charge < -0.3 is 10.6 Å². The fourth-order valence-corrected chi connectivity index (χ4v) is 1.99. The Balaban J connectivity index is 2.10. The second-order valence-corrected chi connectivity index (χ2v) is 6.05. The van der Waals surface area contributed by atoms with Gasteiger partial charge in [-0.3, -0.25) is 9.67 Å². The van der Waals surface area contributed by atoms with Crippen molar-refractivity contribution in [3.8, 4) is 0 Å². The van der Waals surface area contributed by atoms with Gasteiger partial charge in [0.1, 0.15) is 0 Å². The van der Waals surface area contributed by atoms with Crippen LogP contribution >= 0.6 is 0 Å². The van der Waals surface area contributed by atoms with Crippen molar-refractivity contribution >= 4 is 16.0 Å². The summed E-state index contributed by atoms with van der Waals surface area (Å²) in [5.74, 6) is 0.653. The van der Waals surface area contributed by atoms with Crippen LogP contribution in [0.15, 0.2) is 23.5 Å². The summed E-state index contributed by atoms with van der Waals surface area (Å²) in [6, 6.07) is 1.89. The van der Waals surface area contributed by atoms with Crippen LogP contribution in [0.2, 0.25) is 0 Å². The monoisotopic (exact) mass is 302 g/mol. The van der Waals surface area contributed by atoms with Gasteiger partial charge in [0, 0.05) is 45.6 Å². The van der Waals surface area contributed by atoms with Crippen molar-refractivity contribution in [1.82, 2.24) is 25.1 Å². The minimum atomic E-state index is -3.13. The molecule has 0 saturated heterocycles. The van der Waals surface area contributed by atoms with Crippen LogP contribution in [0.4, 0.5) is 0 Å². The lowest BCUT2D eigenvalue weighted by Crippen LogP contribution is -2.41. The molecule has 0 bridgehead atoms. The standard InChI is InChI=1S/C11H22N6O2S/c1-12-11(14-7-8-16-20(2,18)19)13-5-3-9-17-10-4-6-15-17/h4,6,10,16H,3,5,7-9H2,1-2H3,(H2,12,13,14). The topological polar surface area (TPSA) is 100 Å². The van der Waals surface area contributed by atoms with Crippen LogP contribution in [-0.2, 0) is 16.6 Å². The molecule has 20 heavy (non-hydrogen) atoms. The molecule has 1 rings (SSSR count). The van der Waals surface area contributed by atoms with E-state index in [0.29, 0.717) is 19.0 Å². The summed E-state index contributed by atoms with van der Waals surface area (Å²) in [4.78, 5) is 4.05. The maximum Gasteiger partial charge on any atom is 0.208 e. The highest BCUT2D eigenvalue weighted by Crippen LogP contribution is 1.87. The molecule has 9 heteroatoms. The van der Waals surface area contributed by atoms with Crippen molar-refractivity contribution < 1.29 is 8.42 Å². The van der Waals surface area contributed by atoms with Gasteiger partial charge in [-0.15, -0.1) is 0 Å². The van der Waals surface area contributed by atoms with E-state index >= 15 is 0 Å². The fraction of sp³-hybridized carbons (Fsp3) is 0.636. The maximum atomic E-state index is 10.9. The minimum absolute atomic E-state index is 0.326. The van der Waals surface area contributed by atoms with E-state index in [9.17, 15) is 8.42 Å². The number of guanidine groups is 1. The van der Waals surface area contributed by atoms with Gasteiger partial charge in [-0.1, -0.05) is 0 Å². The molecule has 0 aliphatic rings. The quantitative estimate of drug-likeness (QED) is 0.324. The fourth-order valence-electron chi connectivity index (χ4n) is 1.52. The zero-order valence-corrected chi connectivity index (χ0v) is 12.7. The molecule has 0 fully saturated rings. The predicted octanol–water partition coefficient (Wildman–Crippen LogP) is -1.01. The summed E-state index contributed by atoms with van der Waals surface area (Å²) in [6.07, 6.45) is 5.73. The Bertz CT molecular complexity index is 497. The van der Waals surface area contributed by atoms with Gasteiger partial charge >= 0.3 is 0 Å². The van der Waals surface area contributed by atoms with E-state index in [-0.39, 0.29) is 0 Å². The van der Waals surface area contributed by atoms with Gasteiger partial charge in [-0.25, -0.2) is 13.1 Å². The maximum absolute atomic E-state index is 10.9. The SMILES string of the molecule is CN=C(NCCCn1cccn1)NCCNS(C)(=O)=O. The second-order valence-electron chi connectivity index (χ2n) is 4.21. The van der Waals surface area contributed by atoms with E-state index in [1.807, 2.05) is 16.9 Å². The van der Waals surface area contributed by atoms with E-state index < -0.39 is 10.0 Å². The first-order chi connectivity index (χ1) is 9.51. The van der Waals surface area contributed by atoms with Crippen LogP contribution in [-0.4, -0.2) is 57.1 Å². The Morgan fingerprint density at radius 2 is 2.05 bits per heavy atom. The number of hydrogen-bond donors (Lipinski definition) is 3. The lowest BCUT2D eigenvalue weighted by atomic mass is 10.4. The Morgan fingerprint density at radius 1 is 1.30 bits per heavy atom. The lowest BCUT2D eigenvalue weighted by molar-refractivity contribution is 0.569. The number of aliphatic imine (C=N–C) groups is 1. The summed E-state index contributed by atoms with van der Waals surface area (Å²) >= 11 is 0. The largest absolute Gasteiger partial charge is 0.356 e. The van der Waals surface area contributed by atoms with Gasteiger partial charge in [0.15, 0.2) is 5.96 Å². The van der Waals surface area contributed by atoms with Gasteiger partial charge in [0.2, 0.25) is 10.0 Å². The average Bonchev–Trinajstić information content (AvgIpc) is 2.88. The number of nitrogens with one attached hydrogen (secondary N) is 3. The number of aromatic nitrogens is 2. The van der Waals surface area contributed by atoms with Crippen molar-refractivity contribution in [2.45, 2.75) is 13.0 Å². The summed E-state index contributed by atoms with van der Waals surface area (Å²) < 4.78 is 26.0. The van der Waals surface area contributed by atoms with Crippen molar-refractivity contribution in [3.63, 3.8) is 0 Å². The highest BCUT2D eigenvalue weighted by atomic mass is 32.2. The number of rotatable bonds is 8. The minimum Gasteiger partial charge on any atom is -0.356 e. The summed E-state index contributed by atoms with van der Waals surface area (Å²) in [6.45, 7) is 2.41. The van der Waals surface area contributed by atoms with Crippen molar-refractivity contribution in [2.24, 2.45) is 4.99 Å². The Morgan fingerprint density at radius 3 is 2.65 bits per heavy atom. The van der Waals surface area contributed by atoms with Gasteiger partial charge in [0.25, 0.3) is 0 Å². The van der Waals surface area contributed by atoms with Gasteiger partial charge in [0.05, 0.1) is 6.26 Å². The van der Waals surface area contributed by atoms with Crippen LogP contribution in [0, 0.1) is 0 Å². The predicted molar refractivity (Wildman–Crippen MR) is 79.1 cm³/mol. The van der Waals surface area contributed by atoms with Crippen molar-refractivity contribution in [2.75, 3.05) is 32.9 Å². The van der Waals surface area contributed by atoms with Crippen molar-refractivity contribution in [3.05, 3.63) is 18.5 Å². The molecule has 1 aromatic heterocycles. The summed E-state index contributed by atoms with van der Waals surface area (Å²) in [5, 5.41) is 10.3. The smallest absolute Gasteiger partial charge is 0.208 e. The first-order valence-electron chi connectivity index (χ1n) is 6.38. The third-order valence-electron chi connectivity index (χ3n) is 2.42. The van der Waals surface area contributed by atoms with Crippen LogP contribution in [0.1, 0.15) is 6.42 Å². The lowest BCUT2D eigenvalue weighted by Gasteiger charge is -2.11. The zero-order chi connectivity index (χ0) is 14.8. The molecule has 114 valence electrons. The molecule has 0 amide bonds. The van der Waals surface area contributed by atoms with E-state index in [0.717, 1.165) is 25.8 Å².